The van der Waals surface area contributed by atoms with Crippen LogP contribution in [0.15, 0.2) is 48.5 Å². The molecule has 0 bridgehead atoms. The van der Waals surface area contributed by atoms with E-state index in [1.165, 1.54) is 18.7 Å². The van der Waals surface area contributed by atoms with Gasteiger partial charge in [0.2, 0.25) is 0 Å². The molecule has 5 heteroatoms. The van der Waals surface area contributed by atoms with E-state index < -0.39 is 5.54 Å². The van der Waals surface area contributed by atoms with Crippen molar-refractivity contribution < 1.29 is 9.59 Å². The molecule has 1 heterocycles. The quantitative estimate of drug-likeness (QED) is 0.358. The Hall–Kier alpha value is -2.50. The van der Waals surface area contributed by atoms with E-state index in [1.807, 2.05) is 45.3 Å². The lowest BCUT2D eigenvalue weighted by Gasteiger charge is -2.38. The number of hydrogen-bond acceptors (Lipinski definition) is 5. The first kappa shape index (κ1) is 26.1. The summed E-state index contributed by atoms with van der Waals surface area (Å²) in [4.78, 5) is 32.0. The Labute approximate surface area is 205 Å². The topological polar surface area (TPSA) is 43.9 Å². The van der Waals surface area contributed by atoms with E-state index >= 15 is 0 Å². The smallest absolute Gasteiger partial charge is 0.183 e. The number of carbonyl (C=O) groups is 2. The third kappa shape index (κ3) is 5.76. The summed E-state index contributed by atoms with van der Waals surface area (Å²) >= 11 is 0. The minimum Gasteiger partial charge on any atom is -0.369 e. The van der Waals surface area contributed by atoms with Crippen molar-refractivity contribution in [2.75, 3.05) is 51.7 Å². The van der Waals surface area contributed by atoms with E-state index in [-0.39, 0.29) is 11.7 Å². The molecule has 1 fully saturated rings. The molecule has 2 atom stereocenters. The fourth-order valence-electron chi connectivity index (χ4n) is 5.04. The van der Waals surface area contributed by atoms with Gasteiger partial charge < -0.3 is 9.69 Å². The second kappa shape index (κ2) is 11.8. The standard InChI is InChI=1S/C29H41N3O2/c1-6-16-31-17-19-32(20-18-31)27-14-12-26(13-15-27)28(34)29(7-2,30(4)5)21-24-8-10-25(11-9-24)23(3)22-33/h8-15,22-23H,6-7,16-21H2,1-5H3. The molecule has 1 saturated heterocycles. The van der Waals surface area contributed by atoms with Crippen LogP contribution in [0.2, 0.25) is 0 Å². The van der Waals surface area contributed by atoms with Crippen molar-refractivity contribution in [2.45, 2.75) is 51.5 Å². The molecule has 2 unspecified atom stereocenters. The molecule has 0 spiro atoms. The van der Waals surface area contributed by atoms with Crippen LogP contribution in [0.4, 0.5) is 5.69 Å². The number of rotatable bonds is 11. The number of likely N-dealkylation sites (N-methyl/N-ethyl adjacent to an activating group) is 1. The fourth-order valence-corrected chi connectivity index (χ4v) is 5.04. The molecule has 0 radical (unpaired) electrons. The zero-order valence-electron chi connectivity index (χ0n) is 21.6. The fraction of sp³-hybridized carbons (Fsp3) is 0.517. The summed E-state index contributed by atoms with van der Waals surface area (Å²) in [7, 11) is 3.99. The van der Waals surface area contributed by atoms with Crippen LogP contribution < -0.4 is 4.90 Å². The predicted molar refractivity (Wildman–Crippen MR) is 141 cm³/mol. The highest BCUT2D eigenvalue weighted by Gasteiger charge is 2.39. The zero-order valence-corrected chi connectivity index (χ0v) is 21.6. The maximum Gasteiger partial charge on any atom is 0.183 e. The summed E-state index contributed by atoms with van der Waals surface area (Å²) in [6.07, 6.45) is 3.51. The third-order valence-electron chi connectivity index (χ3n) is 7.48. The lowest BCUT2D eigenvalue weighted by Crippen LogP contribution is -2.52. The largest absolute Gasteiger partial charge is 0.369 e. The van der Waals surface area contributed by atoms with E-state index in [1.54, 1.807) is 0 Å². The van der Waals surface area contributed by atoms with E-state index in [4.69, 9.17) is 0 Å². The average molecular weight is 464 g/mol. The van der Waals surface area contributed by atoms with Gasteiger partial charge in [-0.15, -0.1) is 0 Å². The Morgan fingerprint density at radius 2 is 1.62 bits per heavy atom. The number of benzene rings is 2. The molecular weight excluding hydrogens is 422 g/mol. The van der Waals surface area contributed by atoms with Crippen LogP contribution in [-0.4, -0.2) is 74.2 Å². The van der Waals surface area contributed by atoms with Crippen LogP contribution in [0.5, 0.6) is 0 Å². The van der Waals surface area contributed by atoms with E-state index in [0.717, 1.165) is 49.2 Å². The molecule has 0 amide bonds. The van der Waals surface area contributed by atoms with Crippen molar-refractivity contribution in [3.05, 3.63) is 65.2 Å². The lowest BCUT2D eigenvalue weighted by atomic mass is 9.80. The van der Waals surface area contributed by atoms with Gasteiger partial charge in [0.05, 0.1) is 5.54 Å². The van der Waals surface area contributed by atoms with E-state index in [9.17, 15) is 9.59 Å². The minimum atomic E-state index is -0.620. The van der Waals surface area contributed by atoms with Gasteiger partial charge in [-0.3, -0.25) is 14.6 Å². The summed E-state index contributed by atoms with van der Waals surface area (Å²) < 4.78 is 0. The highest BCUT2D eigenvalue weighted by atomic mass is 16.1. The maximum atomic E-state index is 13.9. The molecule has 0 N–H and O–H groups in total. The molecule has 1 aliphatic heterocycles. The molecule has 2 aromatic carbocycles. The summed E-state index contributed by atoms with van der Waals surface area (Å²) in [5.41, 5.74) is 3.44. The molecule has 184 valence electrons. The second-order valence-corrected chi connectivity index (χ2v) is 9.83. The van der Waals surface area contributed by atoms with Crippen LogP contribution in [0.1, 0.15) is 61.0 Å². The molecule has 0 saturated carbocycles. The van der Waals surface area contributed by atoms with Gasteiger partial charge in [-0.25, -0.2) is 0 Å². The Morgan fingerprint density at radius 1 is 1.00 bits per heavy atom. The number of hydrogen-bond donors (Lipinski definition) is 0. The summed E-state index contributed by atoms with van der Waals surface area (Å²) in [5.74, 6) is 0.0400. The molecule has 0 aromatic heterocycles. The summed E-state index contributed by atoms with van der Waals surface area (Å²) in [6, 6.07) is 16.3. The van der Waals surface area contributed by atoms with Crippen LogP contribution in [-0.2, 0) is 11.2 Å². The Bertz CT molecular complexity index is 931. The average Bonchev–Trinajstić information content (AvgIpc) is 2.87. The van der Waals surface area contributed by atoms with Crippen molar-refractivity contribution in [2.24, 2.45) is 0 Å². The molecule has 3 rings (SSSR count). The number of ketones is 1. The third-order valence-corrected chi connectivity index (χ3v) is 7.48. The number of aldehydes is 1. The molecular formula is C29H41N3O2. The van der Waals surface area contributed by atoms with Crippen LogP contribution in [0.3, 0.4) is 0 Å². The highest BCUT2D eigenvalue weighted by Crippen LogP contribution is 2.29. The Morgan fingerprint density at radius 3 is 2.12 bits per heavy atom. The van der Waals surface area contributed by atoms with Gasteiger partial charge in [0.25, 0.3) is 0 Å². The van der Waals surface area contributed by atoms with Gasteiger partial charge in [0.1, 0.15) is 6.29 Å². The van der Waals surface area contributed by atoms with Gasteiger partial charge in [-0.2, -0.15) is 0 Å². The van der Waals surface area contributed by atoms with Crippen LogP contribution >= 0.6 is 0 Å². The van der Waals surface area contributed by atoms with Crippen molar-refractivity contribution in [3.8, 4) is 0 Å². The number of anilines is 1. The number of nitrogens with zero attached hydrogens (tertiary/aromatic N) is 3. The van der Waals surface area contributed by atoms with Crippen molar-refractivity contribution >= 4 is 17.8 Å². The van der Waals surface area contributed by atoms with Crippen LogP contribution in [0.25, 0.3) is 0 Å². The van der Waals surface area contributed by atoms with Gasteiger partial charge in [-0.1, -0.05) is 45.0 Å². The second-order valence-electron chi connectivity index (χ2n) is 9.83. The summed E-state index contributed by atoms with van der Waals surface area (Å²) in [5, 5.41) is 0. The van der Waals surface area contributed by atoms with Gasteiger partial charge in [0, 0.05) is 43.3 Å². The Balaban J connectivity index is 1.76. The van der Waals surface area contributed by atoms with E-state index in [0.29, 0.717) is 12.8 Å². The number of carbonyl (C=O) groups excluding carboxylic acids is 2. The number of piperazine rings is 1. The first-order valence-electron chi connectivity index (χ1n) is 12.7. The van der Waals surface area contributed by atoms with Gasteiger partial charge >= 0.3 is 0 Å². The molecule has 5 nitrogen and oxygen atoms in total. The van der Waals surface area contributed by atoms with Gasteiger partial charge in [-0.05, 0) is 75.3 Å². The SMILES string of the molecule is CCCN1CCN(c2ccc(C(=O)C(CC)(Cc3ccc(C(C)C=O)cc3)N(C)C)cc2)CC1. The molecule has 1 aliphatic rings. The molecule has 2 aromatic rings. The molecule has 0 aliphatic carbocycles. The van der Waals surface area contributed by atoms with Crippen LogP contribution in [0, 0.1) is 0 Å². The number of Topliss-reactive ketones (excluding diaryl/α,β-unsaturated/α-hetero) is 1. The normalized spacial score (nSPS) is 17.4. The maximum absolute atomic E-state index is 13.9. The monoisotopic (exact) mass is 463 g/mol. The minimum absolute atomic E-state index is 0.117. The highest BCUT2D eigenvalue weighted by molar-refractivity contribution is 6.03. The van der Waals surface area contributed by atoms with Crippen molar-refractivity contribution in [1.82, 2.24) is 9.80 Å². The van der Waals surface area contributed by atoms with Crippen molar-refractivity contribution in [3.63, 3.8) is 0 Å². The lowest BCUT2D eigenvalue weighted by molar-refractivity contribution is -0.108. The Kier molecular flexibility index (Phi) is 9.03. The van der Waals surface area contributed by atoms with E-state index in [2.05, 4.69) is 52.8 Å². The summed E-state index contributed by atoms with van der Waals surface area (Å²) in [6.45, 7) is 11.6. The first-order valence-corrected chi connectivity index (χ1v) is 12.7. The van der Waals surface area contributed by atoms with Gasteiger partial charge in [0.15, 0.2) is 5.78 Å². The first-order chi connectivity index (χ1) is 16.3. The zero-order chi connectivity index (χ0) is 24.7. The van der Waals surface area contributed by atoms with Crippen molar-refractivity contribution in [1.29, 1.82) is 0 Å². The molecule has 34 heavy (non-hydrogen) atoms. The predicted octanol–water partition coefficient (Wildman–Crippen LogP) is 4.66.